The molecule has 7 heteroatoms. The molecule has 2 N–H and O–H groups in total. The van der Waals surface area contributed by atoms with Gasteiger partial charge in [0, 0.05) is 23.9 Å². The van der Waals surface area contributed by atoms with Crippen molar-refractivity contribution in [3.63, 3.8) is 0 Å². The number of aromatic nitrogens is 1. The molecule has 27 heavy (non-hydrogen) atoms. The van der Waals surface area contributed by atoms with Gasteiger partial charge in [-0.2, -0.15) is 0 Å². The quantitative estimate of drug-likeness (QED) is 0.815. The largest absolute Gasteiger partial charge is 0.462 e. The maximum absolute atomic E-state index is 12.6. The summed E-state index contributed by atoms with van der Waals surface area (Å²) in [5, 5.41) is 0. The van der Waals surface area contributed by atoms with E-state index < -0.39 is 17.9 Å². The zero-order valence-electron chi connectivity index (χ0n) is 15.1. The van der Waals surface area contributed by atoms with Gasteiger partial charge in [-0.3, -0.25) is 14.6 Å². The van der Waals surface area contributed by atoms with Crippen LogP contribution in [0.4, 0.5) is 0 Å². The van der Waals surface area contributed by atoms with E-state index in [9.17, 15) is 14.4 Å². The van der Waals surface area contributed by atoms with Crippen LogP contribution < -0.4 is 5.73 Å². The van der Waals surface area contributed by atoms with Gasteiger partial charge in [0.15, 0.2) is 0 Å². The van der Waals surface area contributed by atoms with Gasteiger partial charge in [0.2, 0.25) is 5.91 Å². The van der Waals surface area contributed by atoms with Crippen molar-refractivity contribution in [2.75, 3.05) is 13.2 Å². The van der Waals surface area contributed by atoms with Crippen molar-refractivity contribution >= 4 is 17.8 Å². The van der Waals surface area contributed by atoms with Gasteiger partial charge in [-0.05, 0) is 44.0 Å². The van der Waals surface area contributed by atoms with E-state index in [2.05, 4.69) is 4.98 Å². The standard InChI is InChI=1S/C20H21N3O4/c1-2-27-20(26)15-9-10-16(22-12-15)13-5-7-14(8-6-13)19(25)23-11-3-4-17(23)18(21)24/h5-10,12,17H,2-4,11H2,1H3,(H2,21,24)/t17-/m0/s1. The molecule has 1 atom stereocenters. The van der Waals surface area contributed by atoms with Crippen LogP contribution in [0.3, 0.4) is 0 Å². The number of rotatable bonds is 5. The summed E-state index contributed by atoms with van der Waals surface area (Å²) >= 11 is 0. The van der Waals surface area contributed by atoms with Crippen LogP contribution in [0.25, 0.3) is 11.3 Å². The normalized spacial score (nSPS) is 16.2. The van der Waals surface area contributed by atoms with Crippen LogP contribution in [0.2, 0.25) is 0 Å². The number of primary amides is 1. The summed E-state index contributed by atoms with van der Waals surface area (Å²) in [6.07, 6.45) is 2.85. The van der Waals surface area contributed by atoms with Crippen LogP contribution >= 0.6 is 0 Å². The Hall–Kier alpha value is -3.22. The minimum atomic E-state index is -0.533. The second-order valence-electron chi connectivity index (χ2n) is 6.29. The van der Waals surface area contributed by atoms with E-state index >= 15 is 0 Å². The Morgan fingerprint density at radius 2 is 1.85 bits per heavy atom. The summed E-state index contributed by atoms with van der Waals surface area (Å²) < 4.78 is 4.94. The molecule has 0 radical (unpaired) electrons. The van der Waals surface area contributed by atoms with E-state index in [1.807, 2.05) is 0 Å². The molecule has 2 amide bonds. The van der Waals surface area contributed by atoms with E-state index in [1.165, 1.54) is 11.1 Å². The third-order valence-electron chi connectivity index (χ3n) is 4.54. The summed E-state index contributed by atoms with van der Waals surface area (Å²) in [4.78, 5) is 41.6. The lowest BCUT2D eigenvalue weighted by atomic mass is 10.1. The molecule has 7 nitrogen and oxygen atoms in total. The number of pyridine rings is 1. The lowest BCUT2D eigenvalue weighted by molar-refractivity contribution is -0.121. The molecule has 3 rings (SSSR count). The summed E-state index contributed by atoms with van der Waals surface area (Å²) in [6, 6.07) is 9.83. The maximum atomic E-state index is 12.6. The number of hydrogen-bond acceptors (Lipinski definition) is 5. The summed E-state index contributed by atoms with van der Waals surface area (Å²) in [5.74, 6) is -1.08. The molecule has 2 heterocycles. The number of nitrogens with two attached hydrogens (primary N) is 1. The Kier molecular flexibility index (Phi) is 5.49. The molecule has 1 fully saturated rings. The van der Waals surface area contributed by atoms with Gasteiger partial charge < -0.3 is 15.4 Å². The number of benzene rings is 1. The fraction of sp³-hybridized carbons (Fsp3) is 0.300. The third kappa shape index (κ3) is 3.97. The monoisotopic (exact) mass is 367 g/mol. The van der Waals surface area contributed by atoms with Crippen molar-refractivity contribution in [3.05, 3.63) is 53.7 Å². The van der Waals surface area contributed by atoms with Crippen LogP contribution in [0.15, 0.2) is 42.6 Å². The van der Waals surface area contributed by atoms with Crippen molar-refractivity contribution in [3.8, 4) is 11.3 Å². The lowest BCUT2D eigenvalue weighted by Gasteiger charge is -2.22. The van der Waals surface area contributed by atoms with Gasteiger partial charge in [-0.15, -0.1) is 0 Å². The summed E-state index contributed by atoms with van der Waals surface area (Å²) in [5.41, 5.74) is 7.76. The first-order valence-electron chi connectivity index (χ1n) is 8.85. The van der Waals surface area contributed by atoms with Gasteiger partial charge >= 0.3 is 5.97 Å². The number of amides is 2. The zero-order chi connectivity index (χ0) is 19.4. The van der Waals surface area contributed by atoms with E-state index in [4.69, 9.17) is 10.5 Å². The van der Waals surface area contributed by atoms with E-state index in [1.54, 1.807) is 43.3 Å². The van der Waals surface area contributed by atoms with Gasteiger partial charge in [0.05, 0.1) is 17.9 Å². The van der Waals surface area contributed by atoms with Crippen molar-refractivity contribution in [2.45, 2.75) is 25.8 Å². The predicted octanol–water partition coefficient (Wildman–Crippen LogP) is 2.02. The van der Waals surface area contributed by atoms with E-state index in [0.717, 1.165) is 12.0 Å². The third-order valence-corrected chi connectivity index (χ3v) is 4.54. The molecule has 0 spiro atoms. The number of likely N-dealkylation sites (tertiary alicyclic amines) is 1. The fourth-order valence-electron chi connectivity index (χ4n) is 3.15. The molecule has 1 saturated heterocycles. The Bertz CT molecular complexity index is 847. The van der Waals surface area contributed by atoms with Crippen molar-refractivity contribution < 1.29 is 19.1 Å². The molecule has 1 aliphatic rings. The fourth-order valence-corrected chi connectivity index (χ4v) is 3.15. The highest BCUT2D eigenvalue weighted by molar-refractivity contribution is 5.98. The molecule has 0 aliphatic carbocycles. The molecule has 1 aromatic carbocycles. The number of carbonyl (C=O) groups excluding carboxylic acids is 3. The van der Waals surface area contributed by atoms with Gasteiger partial charge in [0.1, 0.15) is 6.04 Å². The predicted molar refractivity (Wildman–Crippen MR) is 98.9 cm³/mol. The number of ether oxygens (including phenoxy) is 1. The molecular weight excluding hydrogens is 346 g/mol. The highest BCUT2D eigenvalue weighted by Crippen LogP contribution is 2.22. The Morgan fingerprint density at radius 1 is 1.15 bits per heavy atom. The van der Waals surface area contributed by atoms with Crippen LogP contribution in [0.1, 0.15) is 40.5 Å². The molecule has 2 aromatic rings. The number of esters is 1. The number of nitrogens with zero attached hydrogens (tertiary/aromatic N) is 2. The van der Waals surface area contributed by atoms with Crippen molar-refractivity contribution in [1.82, 2.24) is 9.88 Å². The van der Waals surface area contributed by atoms with E-state index in [0.29, 0.717) is 36.4 Å². The average Bonchev–Trinajstić information content (AvgIpc) is 3.18. The molecule has 1 aliphatic heterocycles. The molecule has 1 aromatic heterocycles. The lowest BCUT2D eigenvalue weighted by Crippen LogP contribution is -2.43. The zero-order valence-corrected chi connectivity index (χ0v) is 15.1. The van der Waals surface area contributed by atoms with Crippen LogP contribution in [0, 0.1) is 0 Å². The van der Waals surface area contributed by atoms with Crippen molar-refractivity contribution in [2.24, 2.45) is 5.73 Å². The Balaban J connectivity index is 1.74. The van der Waals surface area contributed by atoms with Gasteiger partial charge in [-0.25, -0.2) is 4.79 Å². The first kappa shape index (κ1) is 18.6. The van der Waals surface area contributed by atoms with Crippen LogP contribution in [0.5, 0.6) is 0 Å². The second-order valence-corrected chi connectivity index (χ2v) is 6.29. The smallest absolute Gasteiger partial charge is 0.339 e. The first-order valence-corrected chi connectivity index (χ1v) is 8.85. The molecule has 0 bridgehead atoms. The highest BCUT2D eigenvalue weighted by Gasteiger charge is 2.33. The highest BCUT2D eigenvalue weighted by atomic mass is 16.5. The molecule has 0 saturated carbocycles. The van der Waals surface area contributed by atoms with Crippen molar-refractivity contribution in [1.29, 1.82) is 0 Å². The maximum Gasteiger partial charge on any atom is 0.339 e. The summed E-state index contributed by atoms with van der Waals surface area (Å²) in [7, 11) is 0. The Morgan fingerprint density at radius 3 is 2.44 bits per heavy atom. The minimum Gasteiger partial charge on any atom is -0.462 e. The van der Waals surface area contributed by atoms with Gasteiger partial charge in [0.25, 0.3) is 5.91 Å². The minimum absolute atomic E-state index is 0.200. The van der Waals surface area contributed by atoms with E-state index in [-0.39, 0.29) is 5.91 Å². The second kappa shape index (κ2) is 7.99. The molecule has 0 unspecified atom stereocenters. The molecular formula is C20H21N3O4. The number of hydrogen-bond donors (Lipinski definition) is 1. The SMILES string of the molecule is CCOC(=O)c1ccc(-c2ccc(C(=O)N3CCC[C@H]3C(N)=O)cc2)nc1. The number of carbonyl (C=O) groups is 3. The van der Waals surface area contributed by atoms with Crippen LogP contribution in [-0.4, -0.2) is 46.9 Å². The van der Waals surface area contributed by atoms with Crippen LogP contribution in [-0.2, 0) is 9.53 Å². The Labute approximate surface area is 157 Å². The average molecular weight is 367 g/mol. The molecule has 140 valence electrons. The summed E-state index contributed by atoms with van der Waals surface area (Å²) in [6.45, 7) is 2.59. The topological polar surface area (TPSA) is 103 Å². The van der Waals surface area contributed by atoms with Gasteiger partial charge in [-0.1, -0.05) is 12.1 Å². The first-order chi connectivity index (χ1) is 13.0.